The average molecular weight is 279 g/mol. The van der Waals surface area contributed by atoms with Gasteiger partial charge in [-0.25, -0.2) is 0 Å². The number of esters is 1. The van der Waals surface area contributed by atoms with Gasteiger partial charge in [0.1, 0.15) is 11.5 Å². The number of rotatable bonds is 4. The van der Waals surface area contributed by atoms with Gasteiger partial charge in [0.15, 0.2) is 0 Å². The highest BCUT2D eigenvalue weighted by Crippen LogP contribution is 2.31. The molecule has 0 saturated heterocycles. The Kier molecular flexibility index (Phi) is 4.60. The molecule has 1 aromatic rings. The predicted octanol–water partition coefficient (Wildman–Crippen LogP) is 1.85. The number of alkyl halides is 3. The molecule has 0 fully saturated rings. The van der Waals surface area contributed by atoms with Crippen LogP contribution in [0.4, 0.5) is 13.2 Å². The van der Waals surface area contributed by atoms with E-state index in [0.717, 1.165) is 25.3 Å². The van der Waals surface area contributed by atoms with Gasteiger partial charge in [0.25, 0.3) is 0 Å². The number of aromatic hydroxyl groups is 1. The Bertz CT molecular complexity index is 462. The first kappa shape index (κ1) is 15.1. The summed E-state index contributed by atoms with van der Waals surface area (Å²) >= 11 is 0. The van der Waals surface area contributed by atoms with Crippen LogP contribution in [-0.4, -0.2) is 24.5 Å². The van der Waals surface area contributed by atoms with Crippen molar-refractivity contribution in [1.29, 1.82) is 0 Å². The maximum Gasteiger partial charge on any atom is 0.573 e. The average Bonchev–Trinajstić information content (AvgIpc) is 2.29. The molecule has 106 valence electrons. The fraction of sp³-hybridized carbons (Fsp3) is 0.364. The van der Waals surface area contributed by atoms with Crippen LogP contribution in [0.5, 0.6) is 11.5 Å². The normalized spacial score (nSPS) is 12.9. The lowest BCUT2D eigenvalue weighted by atomic mass is 10.0. The van der Waals surface area contributed by atoms with E-state index < -0.39 is 24.1 Å². The predicted molar refractivity (Wildman–Crippen MR) is 58.4 cm³/mol. The maximum atomic E-state index is 12.0. The number of phenolic OH excluding ortho intramolecular Hbond substituents is 1. The van der Waals surface area contributed by atoms with Crippen molar-refractivity contribution in [1.82, 2.24) is 0 Å². The van der Waals surface area contributed by atoms with Gasteiger partial charge >= 0.3 is 12.3 Å². The topological polar surface area (TPSA) is 81.8 Å². The van der Waals surface area contributed by atoms with Gasteiger partial charge in [0, 0.05) is 11.6 Å². The van der Waals surface area contributed by atoms with Crippen LogP contribution >= 0.6 is 0 Å². The highest BCUT2D eigenvalue weighted by molar-refractivity contribution is 5.70. The highest BCUT2D eigenvalue weighted by Gasteiger charge is 2.31. The van der Waals surface area contributed by atoms with E-state index in [-0.39, 0.29) is 17.7 Å². The molecule has 0 aliphatic carbocycles. The van der Waals surface area contributed by atoms with Crippen LogP contribution in [-0.2, 0) is 9.53 Å². The smallest absolute Gasteiger partial charge is 0.508 e. The minimum atomic E-state index is -4.85. The lowest BCUT2D eigenvalue weighted by Gasteiger charge is -2.15. The van der Waals surface area contributed by atoms with E-state index in [2.05, 4.69) is 9.47 Å². The number of ether oxygens (including phenoxy) is 2. The molecule has 19 heavy (non-hydrogen) atoms. The molecular formula is C11H12F3NO4. The first-order valence-electron chi connectivity index (χ1n) is 5.14. The second-order valence-electron chi connectivity index (χ2n) is 3.66. The Morgan fingerprint density at radius 2 is 2.11 bits per heavy atom. The van der Waals surface area contributed by atoms with Gasteiger partial charge in [-0.15, -0.1) is 13.2 Å². The summed E-state index contributed by atoms with van der Waals surface area (Å²) < 4.78 is 44.2. The van der Waals surface area contributed by atoms with Gasteiger partial charge in [-0.05, 0) is 18.2 Å². The molecule has 0 amide bonds. The molecule has 1 rings (SSSR count). The number of methoxy groups -OCH3 is 1. The van der Waals surface area contributed by atoms with E-state index in [9.17, 15) is 23.1 Å². The summed E-state index contributed by atoms with van der Waals surface area (Å²) in [5.41, 5.74) is 5.57. The van der Waals surface area contributed by atoms with Gasteiger partial charge in [-0.3, -0.25) is 4.79 Å². The second-order valence-corrected chi connectivity index (χ2v) is 3.66. The largest absolute Gasteiger partial charge is 0.573 e. The number of phenols is 1. The maximum absolute atomic E-state index is 12.0. The van der Waals surface area contributed by atoms with Crippen molar-refractivity contribution in [3.8, 4) is 11.5 Å². The van der Waals surface area contributed by atoms with E-state index >= 15 is 0 Å². The molecule has 0 aliphatic rings. The third-order valence-electron chi connectivity index (χ3n) is 2.25. The summed E-state index contributed by atoms with van der Waals surface area (Å²) in [6.07, 6.45) is -5.12. The fourth-order valence-corrected chi connectivity index (χ4v) is 1.40. The van der Waals surface area contributed by atoms with Gasteiger partial charge in [-0.1, -0.05) is 0 Å². The summed E-state index contributed by atoms with van der Waals surface area (Å²) in [4.78, 5) is 11.0. The first-order valence-corrected chi connectivity index (χ1v) is 5.14. The molecule has 0 saturated carbocycles. The lowest BCUT2D eigenvalue weighted by Crippen LogP contribution is -2.19. The van der Waals surface area contributed by atoms with Crippen molar-refractivity contribution in [2.45, 2.75) is 18.8 Å². The summed E-state index contributed by atoms with van der Waals surface area (Å²) in [6, 6.07) is 1.88. The van der Waals surface area contributed by atoms with Crippen molar-refractivity contribution in [2.24, 2.45) is 5.73 Å². The van der Waals surface area contributed by atoms with Crippen molar-refractivity contribution in [2.75, 3.05) is 7.11 Å². The summed E-state index contributed by atoms with van der Waals surface area (Å²) in [7, 11) is 1.15. The Balaban J connectivity index is 2.93. The van der Waals surface area contributed by atoms with Crippen molar-refractivity contribution in [3.63, 3.8) is 0 Å². The summed E-state index contributed by atoms with van der Waals surface area (Å²) in [5, 5.41) is 9.52. The molecule has 0 spiro atoms. The summed E-state index contributed by atoms with van der Waals surface area (Å²) in [5.74, 6) is -1.50. The van der Waals surface area contributed by atoms with Crippen LogP contribution in [0.2, 0.25) is 0 Å². The van der Waals surface area contributed by atoms with E-state index in [1.54, 1.807) is 0 Å². The van der Waals surface area contributed by atoms with Gasteiger partial charge in [0.2, 0.25) is 0 Å². The molecule has 1 atom stereocenters. The molecule has 1 aromatic carbocycles. The van der Waals surface area contributed by atoms with Crippen LogP contribution < -0.4 is 10.5 Å². The zero-order chi connectivity index (χ0) is 14.6. The molecule has 3 N–H and O–H groups in total. The van der Waals surface area contributed by atoms with E-state index in [1.165, 1.54) is 0 Å². The van der Waals surface area contributed by atoms with E-state index in [4.69, 9.17) is 5.73 Å². The number of hydrogen-bond donors (Lipinski definition) is 2. The lowest BCUT2D eigenvalue weighted by molar-refractivity contribution is -0.274. The quantitative estimate of drug-likeness (QED) is 0.822. The van der Waals surface area contributed by atoms with Crippen LogP contribution in [0.1, 0.15) is 18.0 Å². The second kappa shape index (κ2) is 5.79. The zero-order valence-electron chi connectivity index (χ0n) is 9.90. The molecule has 8 heteroatoms. The van der Waals surface area contributed by atoms with Crippen LogP contribution in [0.15, 0.2) is 18.2 Å². The number of halogens is 3. The fourth-order valence-electron chi connectivity index (χ4n) is 1.40. The van der Waals surface area contributed by atoms with Crippen LogP contribution in [0.3, 0.4) is 0 Å². The Hall–Kier alpha value is -1.96. The van der Waals surface area contributed by atoms with Crippen molar-refractivity contribution in [3.05, 3.63) is 23.8 Å². The molecule has 0 aromatic heterocycles. The minimum Gasteiger partial charge on any atom is -0.508 e. The van der Waals surface area contributed by atoms with Crippen molar-refractivity contribution < 1.29 is 32.5 Å². The molecule has 0 radical (unpaired) electrons. The molecule has 0 bridgehead atoms. The third kappa shape index (κ3) is 4.66. The minimum absolute atomic E-state index is 0.0350. The monoisotopic (exact) mass is 279 g/mol. The zero-order valence-corrected chi connectivity index (χ0v) is 9.90. The van der Waals surface area contributed by atoms with Gasteiger partial charge < -0.3 is 20.3 Å². The van der Waals surface area contributed by atoms with Crippen LogP contribution in [0, 0.1) is 0 Å². The Labute approximate surface area is 106 Å². The van der Waals surface area contributed by atoms with Crippen LogP contribution in [0.25, 0.3) is 0 Å². The number of benzene rings is 1. The first-order chi connectivity index (χ1) is 8.73. The van der Waals surface area contributed by atoms with Gasteiger partial charge in [-0.2, -0.15) is 0 Å². The van der Waals surface area contributed by atoms with E-state index in [1.807, 2.05) is 0 Å². The number of hydrogen-bond acceptors (Lipinski definition) is 5. The number of carbonyl (C=O) groups is 1. The molecule has 5 nitrogen and oxygen atoms in total. The molecular weight excluding hydrogens is 267 g/mol. The molecule has 0 heterocycles. The summed E-state index contributed by atoms with van der Waals surface area (Å²) in [6.45, 7) is 0. The molecule has 0 unspecified atom stereocenters. The Morgan fingerprint density at radius 3 is 2.63 bits per heavy atom. The Morgan fingerprint density at radius 1 is 1.47 bits per heavy atom. The highest BCUT2D eigenvalue weighted by atomic mass is 19.4. The number of nitrogens with two attached hydrogens (primary N) is 1. The third-order valence-corrected chi connectivity index (χ3v) is 2.25. The van der Waals surface area contributed by atoms with Gasteiger partial charge in [0.05, 0.1) is 13.5 Å². The standard InChI is InChI=1S/C11H12F3NO4/c1-18-10(17)5-8(15)7-4-6(2-3-9(7)16)19-11(12,13)14/h2-4,8,16H,5,15H2,1H3/t8-/m1/s1. The SMILES string of the molecule is COC(=O)C[C@@H](N)c1cc(OC(F)(F)F)ccc1O. The number of carbonyl (C=O) groups excluding carboxylic acids is 1. The molecule has 0 aliphatic heterocycles. The van der Waals surface area contributed by atoms with Crippen molar-refractivity contribution >= 4 is 5.97 Å². The van der Waals surface area contributed by atoms with E-state index in [0.29, 0.717) is 0 Å².